The fraction of sp³-hybridized carbons (Fsp3) is 0.154. The van der Waals surface area contributed by atoms with Gasteiger partial charge in [-0.2, -0.15) is 0 Å². The molecule has 156 valence electrons. The molecule has 1 heterocycles. The molecule has 0 bridgehead atoms. The number of amides is 1. The highest BCUT2D eigenvalue weighted by atomic mass is 32.2. The summed E-state index contributed by atoms with van der Waals surface area (Å²) in [5.41, 5.74) is 5.20. The van der Waals surface area contributed by atoms with Crippen molar-refractivity contribution in [1.82, 2.24) is 14.9 Å². The summed E-state index contributed by atoms with van der Waals surface area (Å²) in [6.07, 6.45) is 3.71. The van der Waals surface area contributed by atoms with Crippen molar-refractivity contribution in [2.75, 3.05) is 0 Å². The van der Waals surface area contributed by atoms with Gasteiger partial charge < -0.3 is 9.88 Å². The van der Waals surface area contributed by atoms with Gasteiger partial charge >= 0.3 is 0 Å². The molecule has 0 saturated heterocycles. The van der Waals surface area contributed by atoms with Crippen LogP contribution in [0.4, 0.5) is 0 Å². The van der Waals surface area contributed by atoms with Gasteiger partial charge in [0.15, 0.2) is 0 Å². The number of thioether (sulfide) groups is 1. The van der Waals surface area contributed by atoms with E-state index in [-0.39, 0.29) is 5.91 Å². The van der Waals surface area contributed by atoms with Crippen molar-refractivity contribution in [3.05, 3.63) is 113 Å². The first-order chi connectivity index (χ1) is 15.1. The Hall–Kier alpha value is -3.31. The Kier molecular flexibility index (Phi) is 6.53. The molecule has 0 unspecified atom stereocenters. The van der Waals surface area contributed by atoms with E-state index >= 15 is 0 Å². The second kappa shape index (κ2) is 9.67. The van der Waals surface area contributed by atoms with E-state index < -0.39 is 0 Å². The van der Waals surface area contributed by atoms with Crippen molar-refractivity contribution >= 4 is 17.7 Å². The van der Waals surface area contributed by atoms with Gasteiger partial charge in [0.25, 0.3) is 5.91 Å². The fourth-order valence-electron chi connectivity index (χ4n) is 3.36. The Morgan fingerprint density at radius 3 is 2.42 bits per heavy atom. The lowest BCUT2D eigenvalue weighted by Crippen LogP contribution is -2.23. The monoisotopic (exact) mass is 427 g/mol. The summed E-state index contributed by atoms with van der Waals surface area (Å²) < 4.78 is 2.03. The maximum absolute atomic E-state index is 12.7. The molecule has 0 radical (unpaired) electrons. The number of carbonyl (C=O) groups excluding carboxylic acids is 1. The van der Waals surface area contributed by atoms with E-state index in [2.05, 4.69) is 41.5 Å². The summed E-state index contributed by atoms with van der Waals surface area (Å²) in [7, 11) is 0. The van der Waals surface area contributed by atoms with Crippen LogP contribution in [0, 0.1) is 13.8 Å². The molecule has 0 aliphatic carbocycles. The van der Waals surface area contributed by atoms with Crippen molar-refractivity contribution in [3.63, 3.8) is 0 Å². The van der Waals surface area contributed by atoms with Crippen LogP contribution in [0.5, 0.6) is 0 Å². The van der Waals surface area contributed by atoms with Crippen LogP contribution in [0.25, 0.3) is 5.69 Å². The first kappa shape index (κ1) is 20.9. The minimum absolute atomic E-state index is 0.0742. The van der Waals surface area contributed by atoms with Crippen LogP contribution in [0.2, 0.25) is 0 Å². The molecule has 3 aromatic carbocycles. The number of hydrogen-bond donors (Lipinski definition) is 1. The summed E-state index contributed by atoms with van der Waals surface area (Å²) >= 11 is 1.80. The summed E-state index contributed by atoms with van der Waals surface area (Å²) in [6, 6.07) is 24.4. The number of para-hydroxylation sites is 1. The Bertz CT molecular complexity index is 1160. The highest BCUT2D eigenvalue weighted by molar-refractivity contribution is 7.98. The Morgan fingerprint density at radius 1 is 0.968 bits per heavy atom. The van der Waals surface area contributed by atoms with E-state index in [0.29, 0.717) is 12.1 Å². The zero-order valence-electron chi connectivity index (χ0n) is 17.7. The lowest BCUT2D eigenvalue weighted by molar-refractivity contribution is 0.0951. The van der Waals surface area contributed by atoms with Crippen LogP contribution >= 0.6 is 11.8 Å². The summed E-state index contributed by atoms with van der Waals surface area (Å²) in [5, 5.41) is 3.04. The largest absolute Gasteiger partial charge is 0.348 e. The van der Waals surface area contributed by atoms with Gasteiger partial charge in [-0.3, -0.25) is 4.79 Å². The standard InChI is InChI=1S/C26H25N3OS/c1-19-7-13-24(14-8-19)31-18-21-9-11-22(12-10-21)26(30)28-17-23-5-3-4-6-25(23)29-16-15-27-20(29)2/h3-16H,17-18H2,1-2H3,(H,28,30). The van der Waals surface area contributed by atoms with Crippen molar-refractivity contribution in [2.24, 2.45) is 0 Å². The van der Waals surface area contributed by atoms with E-state index in [1.54, 1.807) is 18.0 Å². The minimum Gasteiger partial charge on any atom is -0.348 e. The molecule has 1 N–H and O–H groups in total. The van der Waals surface area contributed by atoms with Crippen LogP contribution in [-0.2, 0) is 12.3 Å². The van der Waals surface area contributed by atoms with Crippen molar-refractivity contribution in [3.8, 4) is 5.69 Å². The smallest absolute Gasteiger partial charge is 0.251 e. The summed E-state index contributed by atoms with van der Waals surface area (Å²) in [4.78, 5) is 18.2. The number of aromatic nitrogens is 2. The first-order valence-corrected chi connectivity index (χ1v) is 11.2. The molecule has 4 nitrogen and oxygen atoms in total. The molecule has 1 aromatic heterocycles. The SMILES string of the molecule is Cc1ccc(SCc2ccc(C(=O)NCc3ccccc3-n3ccnc3C)cc2)cc1. The highest BCUT2D eigenvalue weighted by Crippen LogP contribution is 2.23. The van der Waals surface area contributed by atoms with Gasteiger partial charge in [-0.1, -0.05) is 48.0 Å². The number of aryl methyl sites for hydroxylation is 2. The van der Waals surface area contributed by atoms with E-state index in [9.17, 15) is 4.79 Å². The Morgan fingerprint density at radius 2 is 1.71 bits per heavy atom. The molecule has 1 amide bonds. The average Bonchev–Trinajstić information content (AvgIpc) is 3.23. The first-order valence-electron chi connectivity index (χ1n) is 10.2. The van der Waals surface area contributed by atoms with Gasteiger partial charge in [0, 0.05) is 35.2 Å². The van der Waals surface area contributed by atoms with Crippen LogP contribution < -0.4 is 5.32 Å². The van der Waals surface area contributed by atoms with E-state index in [0.717, 1.165) is 22.8 Å². The molecule has 5 heteroatoms. The predicted molar refractivity (Wildman–Crippen MR) is 127 cm³/mol. The lowest BCUT2D eigenvalue weighted by Gasteiger charge is -2.13. The van der Waals surface area contributed by atoms with Gasteiger partial charge in [-0.05, 0) is 55.3 Å². The third-order valence-corrected chi connectivity index (χ3v) is 6.24. The van der Waals surface area contributed by atoms with E-state index in [1.165, 1.54) is 16.0 Å². The minimum atomic E-state index is -0.0742. The van der Waals surface area contributed by atoms with Gasteiger partial charge in [0.05, 0.1) is 5.69 Å². The molecule has 31 heavy (non-hydrogen) atoms. The van der Waals surface area contributed by atoms with Crippen molar-refractivity contribution < 1.29 is 4.79 Å². The topological polar surface area (TPSA) is 46.9 Å². The molecule has 0 fully saturated rings. The number of imidazole rings is 1. The number of nitrogens with zero attached hydrogens (tertiary/aromatic N) is 2. The highest BCUT2D eigenvalue weighted by Gasteiger charge is 2.10. The summed E-state index contributed by atoms with van der Waals surface area (Å²) in [5.74, 6) is 1.72. The second-order valence-corrected chi connectivity index (χ2v) is 8.50. The normalized spacial score (nSPS) is 10.8. The summed E-state index contributed by atoms with van der Waals surface area (Å²) in [6.45, 7) is 4.52. The molecule has 0 atom stereocenters. The third-order valence-electron chi connectivity index (χ3n) is 5.16. The number of rotatable bonds is 7. The fourth-order valence-corrected chi connectivity index (χ4v) is 4.21. The van der Waals surface area contributed by atoms with Crippen molar-refractivity contribution in [1.29, 1.82) is 0 Å². The van der Waals surface area contributed by atoms with Crippen molar-refractivity contribution in [2.45, 2.75) is 31.0 Å². The van der Waals surface area contributed by atoms with Crippen LogP contribution in [-0.4, -0.2) is 15.5 Å². The molecule has 0 saturated carbocycles. The van der Waals surface area contributed by atoms with Gasteiger partial charge in [0.1, 0.15) is 5.82 Å². The van der Waals surface area contributed by atoms with Crippen LogP contribution in [0.3, 0.4) is 0 Å². The quantitative estimate of drug-likeness (QED) is 0.384. The average molecular weight is 428 g/mol. The van der Waals surface area contributed by atoms with Crippen LogP contribution in [0.15, 0.2) is 90.1 Å². The number of carbonyl (C=O) groups is 1. The van der Waals surface area contributed by atoms with Gasteiger partial charge in [0.2, 0.25) is 0 Å². The second-order valence-electron chi connectivity index (χ2n) is 7.45. The van der Waals surface area contributed by atoms with E-state index in [4.69, 9.17) is 0 Å². The Labute approximate surface area is 187 Å². The van der Waals surface area contributed by atoms with Gasteiger partial charge in [-0.15, -0.1) is 11.8 Å². The number of benzene rings is 3. The predicted octanol–water partition coefficient (Wildman–Crippen LogP) is 5.71. The van der Waals surface area contributed by atoms with Crippen LogP contribution in [0.1, 0.15) is 32.9 Å². The molecular formula is C26H25N3OS. The lowest BCUT2D eigenvalue weighted by atomic mass is 10.1. The number of nitrogens with one attached hydrogen (secondary N) is 1. The Balaban J connectivity index is 1.36. The molecule has 0 spiro atoms. The maximum Gasteiger partial charge on any atom is 0.251 e. The zero-order chi connectivity index (χ0) is 21.6. The molecular weight excluding hydrogens is 402 g/mol. The zero-order valence-corrected chi connectivity index (χ0v) is 18.5. The third kappa shape index (κ3) is 5.25. The molecule has 0 aliphatic rings. The molecule has 0 aliphatic heterocycles. The molecule has 4 aromatic rings. The van der Waals surface area contributed by atoms with Gasteiger partial charge in [-0.25, -0.2) is 4.98 Å². The van der Waals surface area contributed by atoms with E-state index in [1.807, 2.05) is 66.2 Å². The molecule has 4 rings (SSSR count). The number of hydrogen-bond acceptors (Lipinski definition) is 3. The maximum atomic E-state index is 12.7.